The highest BCUT2D eigenvalue weighted by Crippen LogP contribution is 2.45. The summed E-state index contributed by atoms with van der Waals surface area (Å²) in [6.07, 6.45) is 6.50. The van der Waals surface area contributed by atoms with E-state index in [0.29, 0.717) is 18.6 Å². The highest BCUT2D eigenvalue weighted by molar-refractivity contribution is 5.80. The predicted octanol–water partition coefficient (Wildman–Crippen LogP) is 2.49. The average Bonchev–Trinajstić information content (AvgIpc) is 3.17. The molecule has 0 bridgehead atoms. The summed E-state index contributed by atoms with van der Waals surface area (Å²) < 4.78 is 0. The van der Waals surface area contributed by atoms with Crippen LogP contribution in [0.3, 0.4) is 0 Å². The molecule has 0 radical (unpaired) electrons. The number of hydrogen-bond donors (Lipinski definition) is 2. The number of rotatable bonds is 5. The molecule has 2 aliphatic heterocycles. The van der Waals surface area contributed by atoms with Gasteiger partial charge >= 0.3 is 0 Å². The van der Waals surface area contributed by atoms with Crippen LogP contribution < -0.4 is 5.32 Å². The first-order valence-corrected chi connectivity index (χ1v) is 9.42. The maximum atomic E-state index is 12.8. The molecule has 130 valence electrons. The summed E-state index contributed by atoms with van der Waals surface area (Å²) in [6, 6.07) is 11.4. The SMILES string of the molecule is O=C(NCC1(CO)CCC1)[C@@H]1C[C@H](c2ccccc2)N2CCC[C@@H]12. The minimum absolute atomic E-state index is 0.0392. The van der Waals surface area contributed by atoms with E-state index in [9.17, 15) is 9.90 Å². The van der Waals surface area contributed by atoms with Gasteiger partial charge in [-0.05, 0) is 44.2 Å². The van der Waals surface area contributed by atoms with Crippen molar-refractivity contribution in [2.75, 3.05) is 19.7 Å². The summed E-state index contributed by atoms with van der Waals surface area (Å²) in [5.74, 6) is 0.290. The summed E-state index contributed by atoms with van der Waals surface area (Å²) in [5.41, 5.74) is 1.30. The van der Waals surface area contributed by atoms with Gasteiger partial charge in [0.25, 0.3) is 0 Å². The van der Waals surface area contributed by atoms with Crippen molar-refractivity contribution in [1.82, 2.24) is 10.2 Å². The summed E-state index contributed by atoms with van der Waals surface area (Å²) in [7, 11) is 0. The number of amides is 1. The van der Waals surface area contributed by atoms with Crippen molar-refractivity contribution in [2.24, 2.45) is 11.3 Å². The lowest BCUT2D eigenvalue weighted by atomic mass is 9.69. The van der Waals surface area contributed by atoms with Crippen molar-refractivity contribution >= 4 is 5.91 Å². The molecule has 4 rings (SSSR count). The van der Waals surface area contributed by atoms with Crippen LogP contribution in [0.5, 0.6) is 0 Å². The van der Waals surface area contributed by atoms with Gasteiger partial charge in [-0.1, -0.05) is 36.8 Å². The van der Waals surface area contributed by atoms with Gasteiger partial charge in [0.05, 0.1) is 12.5 Å². The van der Waals surface area contributed by atoms with Crippen molar-refractivity contribution in [3.05, 3.63) is 35.9 Å². The maximum absolute atomic E-state index is 12.8. The number of fused-ring (bicyclic) bond motifs is 1. The van der Waals surface area contributed by atoms with E-state index < -0.39 is 0 Å². The summed E-state index contributed by atoms with van der Waals surface area (Å²) in [4.78, 5) is 15.4. The van der Waals surface area contributed by atoms with Crippen molar-refractivity contribution in [2.45, 2.75) is 50.6 Å². The number of nitrogens with zero attached hydrogens (tertiary/aromatic N) is 1. The summed E-state index contributed by atoms with van der Waals surface area (Å²) in [6.45, 7) is 1.94. The third-order valence-corrected chi connectivity index (χ3v) is 6.59. The second-order valence-electron chi connectivity index (χ2n) is 7.95. The van der Waals surface area contributed by atoms with Gasteiger partial charge in [-0.25, -0.2) is 0 Å². The number of carbonyl (C=O) groups is 1. The molecule has 1 aromatic rings. The van der Waals surface area contributed by atoms with Gasteiger partial charge in [0.1, 0.15) is 0 Å². The fourth-order valence-corrected chi connectivity index (χ4v) is 4.92. The number of benzene rings is 1. The Kier molecular flexibility index (Phi) is 4.35. The molecule has 3 aliphatic rings. The van der Waals surface area contributed by atoms with Gasteiger partial charge in [0, 0.05) is 24.0 Å². The Balaban J connectivity index is 1.44. The molecule has 2 N–H and O–H groups in total. The van der Waals surface area contributed by atoms with Crippen LogP contribution >= 0.6 is 0 Å². The summed E-state index contributed by atoms with van der Waals surface area (Å²) in [5, 5.41) is 12.8. The van der Waals surface area contributed by atoms with Crippen LogP contribution in [0.1, 0.15) is 50.1 Å². The Morgan fingerprint density at radius 3 is 2.71 bits per heavy atom. The molecule has 1 amide bonds. The monoisotopic (exact) mass is 328 g/mol. The highest BCUT2D eigenvalue weighted by Gasteiger charge is 2.47. The quantitative estimate of drug-likeness (QED) is 0.873. The number of aliphatic hydroxyl groups is 1. The van der Waals surface area contributed by atoms with E-state index in [1.165, 1.54) is 18.4 Å². The van der Waals surface area contributed by atoms with Gasteiger partial charge in [-0.3, -0.25) is 9.69 Å². The predicted molar refractivity (Wildman–Crippen MR) is 93.4 cm³/mol. The lowest BCUT2D eigenvalue weighted by Gasteiger charge is -2.40. The molecular formula is C20H28N2O2. The first kappa shape index (κ1) is 16.1. The smallest absolute Gasteiger partial charge is 0.224 e. The first-order chi connectivity index (χ1) is 11.7. The molecule has 2 saturated heterocycles. The molecule has 0 aromatic heterocycles. The van der Waals surface area contributed by atoms with Crippen molar-refractivity contribution < 1.29 is 9.90 Å². The van der Waals surface area contributed by atoms with Crippen molar-refractivity contribution in [3.63, 3.8) is 0 Å². The molecule has 1 aromatic carbocycles. The number of hydrogen-bond acceptors (Lipinski definition) is 3. The van der Waals surface area contributed by atoms with Crippen LogP contribution in [0.15, 0.2) is 30.3 Å². The Bertz CT molecular complexity index is 579. The van der Waals surface area contributed by atoms with Crippen molar-refractivity contribution in [1.29, 1.82) is 0 Å². The van der Waals surface area contributed by atoms with Crippen LogP contribution in [0, 0.1) is 11.3 Å². The van der Waals surface area contributed by atoms with Crippen LogP contribution in [0.4, 0.5) is 0 Å². The van der Waals surface area contributed by atoms with Crippen LogP contribution in [0.25, 0.3) is 0 Å². The van der Waals surface area contributed by atoms with Crippen LogP contribution in [-0.2, 0) is 4.79 Å². The number of nitrogens with one attached hydrogen (secondary N) is 1. The Labute approximate surface area is 144 Å². The Hall–Kier alpha value is -1.39. The van der Waals surface area contributed by atoms with E-state index in [2.05, 4.69) is 40.5 Å². The average molecular weight is 328 g/mol. The molecule has 1 aliphatic carbocycles. The van der Waals surface area contributed by atoms with E-state index in [-0.39, 0.29) is 23.8 Å². The first-order valence-electron chi connectivity index (χ1n) is 9.42. The van der Waals surface area contributed by atoms with E-state index in [1.54, 1.807) is 0 Å². The zero-order valence-electron chi connectivity index (χ0n) is 14.3. The minimum atomic E-state index is -0.0392. The molecule has 4 heteroatoms. The Morgan fingerprint density at radius 2 is 2.04 bits per heavy atom. The van der Waals surface area contributed by atoms with Crippen molar-refractivity contribution in [3.8, 4) is 0 Å². The van der Waals surface area contributed by atoms with Gasteiger partial charge in [-0.15, -0.1) is 0 Å². The zero-order chi connectivity index (χ0) is 16.6. The van der Waals surface area contributed by atoms with E-state index >= 15 is 0 Å². The van der Waals surface area contributed by atoms with E-state index in [1.807, 2.05) is 0 Å². The molecule has 3 fully saturated rings. The van der Waals surface area contributed by atoms with E-state index in [0.717, 1.165) is 32.2 Å². The number of carbonyl (C=O) groups excluding carboxylic acids is 1. The Morgan fingerprint density at radius 1 is 1.25 bits per heavy atom. The molecule has 2 heterocycles. The molecule has 24 heavy (non-hydrogen) atoms. The molecular weight excluding hydrogens is 300 g/mol. The zero-order valence-corrected chi connectivity index (χ0v) is 14.3. The molecule has 4 nitrogen and oxygen atoms in total. The normalized spacial score (nSPS) is 31.5. The topological polar surface area (TPSA) is 52.6 Å². The summed E-state index contributed by atoms with van der Waals surface area (Å²) >= 11 is 0. The fraction of sp³-hybridized carbons (Fsp3) is 0.650. The lowest BCUT2D eigenvalue weighted by Crippen LogP contribution is -2.47. The number of aliphatic hydroxyl groups excluding tert-OH is 1. The fourth-order valence-electron chi connectivity index (χ4n) is 4.92. The maximum Gasteiger partial charge on any atom is 0.224 e. The molecule has 0 unspecified atom stereocenters. The van der Waals surface area contributed by atoms with Gasteiger partial charge in [0.2, 0.25) is 5.91 Å². The molecule has 1 saturated carbocycles. The molecule has 3 atom stereocenters. The highest BCUT2D eigenvalue weighted by atomic mass is 16.3. The molecule has 0 spiro atoms. The van der Waals surface area contributed by atoms with Gasteiger partial charge < -0.3 is 10.4 Å². The second kappa shape index (κ2) is 6.49. The van der Waals surface area contributed by atoms with Gasteiger partial charge in [-0.2, -0.15) is 0 Å². The van der Waals surface area contributed by atoms with Crippen LogP contribution in [0.2, 0.25) is 0 Å². The van der Waals surface area contributed by atoms with Crippen LogP contribution in [-0.4, -0.2) is 41.7 Å². The second-order valence-corrected chi connectivity index (χ2v) is 7.95. The van der Waals surface area contributed by atoms with Gasteiger partial charge in [0.15, 0.2) is 0 Å². The third kappa shape index (κ3) is 2.76. The minimum Gasteiger partial charge on any atom is -0.396 e. The third-order valence-electron chi connectivity index (χ3n) is 6.59. The largest absolute Gasteiger partial charge is 0.396 e. The van der Waals surface area contributed by atoms with E-state index in [4.69, 9.17) is 0 Å². The lowest BCUT2D eigenvalue weighted by molar-refractivity contribution is -0.126. The standard InChI is InChI=1S/C20H28N2O2/c23-14-20(9-5-10-20)13-21-19(24)16-12-18(15-6-2-1-3-7-15)22-11-4-8-17(16)22/h1-3,6-7,16-18,23H,4-5,8-14H2,(H,21,24)/t16-,17+,18-/m1/s1.